The zero-order valence-electron chi connectivity index (χ0n) is 16.6. The highest BCUT2D eigenvalue weighted by molar-refractivity contribution is 6.99. The molecule has 164 valence electrons. The fraction of sp³-hybridized carbons (Fsp3) is 0.647. The Labute approximate surface area is 173 Å². The van der Waals surface area contributed by atoms with Gasteiger partial charge in [0, 0.05) is 25.2 Å². The summed E-state index contributed by atoms with van der Waals surface area (Å²) in [4.78, 5) is 20.9. The first kappa shape index (κ1) is 24.8. The number of aliphatic carboxylic acids is 2. The van der Waals surface area contributed by atoms with Crippen LogP contribution in [0.3, 0.4) is 0 Å². The number of nitrogens with zero attached hydrogens (tertiary/aromatic N) is 3. The molecule has 2 heterocycles. The van der Waals surface area contributed by atoms with E-state index in [4.69, 9.17) is 9.47 Å². The molecule has 1 aromatic rings. The van der Waals surface area contributed by atoms with Crippen LogP contribution in [0, 0.1) is 0 Å². The summed E-state index contributed by atoms with van der Waals surface area (Å²) in [6, 6.07) is 0. The number of ether oxygens (including phenoxy) is 2. The third-order valence-corrected chi connectivity index (χ3v) is 3.89. The molecule has 1 aliphatic heterocycles. The Morgan fingerprint density at radius 3 is 2.38 bits per heavy atom. The minimum absolute atomic E-state index is 0.0257. The first-order valence-electron chi connectivity index (χ1n) is 8.89. The number of β-amino-alcohol motifs (C(OH)–C–C–N with tert-alkyl or cyclic N) is 1. The minimum atomic E-state index is -1.55. The molecule has 1 unspecified atom stereocenters. The number of aromatic nitrogens is 2. The van der Waals surface area contributed by atoms with Gasteiger partial charge in [-0.1, -0.05) is 0 Å². The van der Waals surface area contributed by atoms with E-state index in [9.17, 15) is 24.9 Å². The maximum Gasteiger partial charge on any atom is 0.270 e. The number of aliphatic hydroxyl groups excluding tert-OH is 1. The van der Waals surface area contributed by atoms with E-state index in [0.717, 1.165) is 30.6 Å². The molecule has 0 bridgehead atoms. The van der Waals surface area contributed by atoms with Gasteiger partial charge in [0.2, 0.25) is 5.82 Å². The first-order chi connectivity index (χ1) is 13.6. The van der Waals surface area contributed by atoms with Crippen molar-refractivity contribution in [1.82, 2.24) is 14.1 Å². The Morgan fingerprint density at radius 1 is 1.28 bits per heavy atom. The Balaban J connectivity index is 0.000000447. The summed E-state index contributed by atoms with van der Waals surface area (Å²) in [5.74, 6) is -1.85. The SMILES string of the molecule is CC(C)(C)NCC(O)COc1nsnc1N1CCOCC1.O=C([O-])/C=C\C(=O)[O-]. The predicted molar refractivity (Wildman–Crippen MR) is 101 cm³/mol. The average Bonchev–Trinajstić information content (AvgIpc) is 3.12. The lowest BCUT2D eigenvalue weighted by atomic mass is 10.1. The van der Waals surface area contributed by atoms with Gasteiger partial charge < -0.3 is 44.6 Å². The van der Waals surface area contributed by atoms with Crippen LogP contribution >= 0.6 is 11.7 Å². The molecule has 1 aliphatic rings. The number of carboxylic acids is 2. The minimum Gasteiger partial charge on any atom is -0.545 e. The summed E-state index contributed by atoms with van der Waals surface area (Å²) < 4.78 is 19.4. The van der Waals surface area contributed by atoms with Crippen LogP contribution in [-0.2, 0) is 14.3 Å². The molecule has 0 saturated carbocycles. The van der Waals surface area contributed by atoms with Crippen molar-refractivity contribution in [2.75, 3.05) is 44.4 Å². The van der Waals surface area contributed by atoms with Gasteiger partial charge in [0.15, 0.2) is 0 Å². The number of carbonyl (C=O) groups is 2. The third kappa shape index (κ3) is 11.3. The molecule has 1 atom stereocenters. The smallest absolute Gasteiger partial charge is 0.270 e. The molecule has 1 fully saturated rings. The van der Waals surface area contributed by atoms with Crippen LogP contribution < -0.4 is 25.2 Å². The van der Waals surface area contributed by atoms with E-state index in [1.54, 1.807) is 0 Å². The summed E-state index contributed by atoms with van der Waals surface area (Å²) in [5, 5.41) is 32.0. The standard InChI is InChI=1S/C13H24N4O3S.C4H4O4/c1-13(2,3)14-8-10(18)9-20-12-11(15-21-16-12)17-4-6-19-7-5-17;5-3(6)1-2-4(7)8/h10,14,18H,4-9H2,1-3H3;1-2H,(H,5,6)(H,7,8)/p-2/b;2-1-. The molecule has 1 aromatic heterocycles. The van der Waals surface area contributed by atoms with Crippen molar-refractivity contribution in [1.29, 1.82) is 0 Å². The summed E-state index contributed by atoms with van der Waals surface area (Å²) >= 11 is 1.12. The fourth-order valence-electron chi connectivity index (χ4n) is 2.03. The predicted octanol–water partition coefficient (Wildman–Crippen LogP) is -2.46. The van der Waals surface area contributed by atoms with E-state index in [2.05, 4.69) is 39.7 Å². The van der Waals surface area contributed by atoms with Crippen molar-refractivity contribution in [3.05, 3.63) is 12.2 Å². The maximum atomic E-state index is 9.95. The molecule has 0 aromatic carbocycles. The van der Waals surface area contributed by atoms with Crippen LogP contribution in [0.15, 0.2) is 12.2 Å². The van der Waals surface area contributed by atoms with Gasteiger partial charge in [0.05, 0.1) is 36.9 Å². The molecular formula is C17H26N4O7S-2. The second kappa shape index (κ2) is 12.3. The number of carbonyl (C=O) groups excluding carboxylic acids is 2. The molecule has 2 rings (SSSR count). The Bertz CT molecular complexity index is 653. The van der Waals surface area contributed by atoms with Crippen LogP contribution in [0.25, 0.3) is 0 Å². The van der Waals surface area contributed by atoms with Crippen molar-refractivity contribution in [3.8, 4) is 5.88 Å². The lowest BCUT2D eigenvalue weighted by Gasteiger charge is -2.27. The molecule has 0 spiro atoms. The van der Waals surface area contributed by atoms with E-state index < -0.39 is 18.0 Å². The maximum absolute atomic E-state index is 9.95. The highest BCUT2D eigenvalue weighted by atomic mass is 32.1. The molecule has 1 saturated heterocycles. The Hall–Kier alpha value is -2.28. The van der Waals surface area contributed by atoms with E-state index in [1.165, 1.54) is 0 Å². The number of aliphatic hydroxyl groups is 1. The van der Waals surface area contributed by atoms with Crippen LogP contribution in [0.5, 0.6) is 5.88 Å². The zero-order valence-corrected chi connectivity index (χ0v) is 17.4. The van der Waals surface area contributed by atoms with Crippen molar-refractivity contribution in [2.45, 2.75) is 32.4 Å². The van der Waals surface area contributed by atoms with E-state index >= 15 is 0 Å². The highest BCUT2D eigenvalue weighted by Gasteiger charge is 2.21. The monoisotopic (exact) mass is 430 g/mol. The van der Waals surface area contributed by atoms with Crippen LogP contribution in [-0.4, -0.2) is 76.9 Å². The first-order valence-corrected chi connectivity index (χ1v) is 9.62. The lowest BCUT2D eigenvalue weighted by molar-refractivity contribution is -0.301. The quantitative estimate of drug-likeness (QED) is 0.421. The summed E-state index contributed by atoms with van der Waals surface area (Å²) in [5.41, 5.74) is -0.0257. The second-order valence-corrected chi connectivity index (χ2v) is 7.59. The van der Waals surface area contributed by atoms with Crippen LogP contribution in [0.4, 0.5) is 5.82 Å². The molecule has 2 N–H and O–H groups in total. The number of carboxylic acid groups (broad SMARTS) is 2. The molecule has 29 heavy (non-hydrogen) atoms. The van der Waals surface area contributed by atoms with E-state index in [1.807, 2.05) is 0 Å². The normalized spacial score (nSPS) is 15.5. The van der Waals surface area contributed by atoms with Crippen molar-refractivity contribution >= 4 is 29.5 Å². The molecule has 11 nitrogen and oxygen atoms in total. The number of hydrogen-bond acceptors (Lipinski definition) is 12. The Kier molecular flexibility index (Phi) is 10.5. The number of hydrogen-bond donors (Lipinski definition) is 2. The van der Waals surface area contributed by atoms with Gasteiger partial charge in [-0.3, -0.25) is 0 Å². The largest absolute Gasteiger partial charge is 0.545 e. The number of nitrogens with one attached hydrogen (secondary N) is 1. The van der Waals surface area contributed by atoms with Crippen LogP contribution in [0.2, 0.25) is 0 Å². The van der Waals surface area contributed by atoms with E-state index in [-0.39, 0.29) is 12.1 Å². The summed E-state index contributed by atoms with van der Waals surface area (Å²) in [6.45, 7) is 9.81. The number of anilines is 1. The van der Waals surface area contributed by atoms with Gasteiger partial charge in [-0.05, 0) is 32.9 Å². The van der Waals surface area contributed by atoms with Gasteiger partial charge in [-0.2, -0.15) is 4.37 Å². The number of rotatable bonds is 8. The van der Waals surface area contributed by atoms with Gasteiger partial charge in [-0.25, -0.2) is 0 Å². The third-order valence-electron chi connectivity index (χ3n) is 3.39. The van der Waals surface area contributed by atoms with Gasteiger partial charge in [-0.15, -0.1) is 4.37 Å². The topological polar surface area (TPSA) is 160 Å². The molecule has 12 heteroatoms. The van der Waals surface area contributed by atoms with Gasteiger partial charge >= 0.3 is 0 Å². The molecule has 0 radical (unpaired) electrons. The lowest BCUT2D eigenvalue weighted by Crippen LogP contribution is -2.42. The van der Waals surface area contributed by atoms with Crippen LogP contribution in [0.1, 0.15) is 20.8 Å². The van der Waals surface area contributed by atoms with E-state index in [0.29, 0.717) is 37.8 Å². The highest BCUT2D eigenvalue weighted by Crippen LogP contribution is 2.26. The van der Waals surface area contributed by atoms with Crippen molar-refractivity contribution in [2.24, 2.45) is 0 Å². The second-order valence-electron chi connectivity index (χ2n) is 7.06. The summed E-state index contributed by atoms with van der Waals surface area (Å²) in [6.07, 6.45) is 0.188. The molecule has 0 amide bonds. The molecule has 0 aliphatic carbocycles. The van der Waals surface area contributed by atoms with Crippen molar-refractivity contribution < 1.29 is 34.4 Å². The Morgan fingerprint density at radius 2 is 1.86 bits per heavy atom. The summed E-state index contributed by atoms with van der Waals surface area (Å²) in [7, 11) is 0. The molecular weight excluding hydrogens is 404 g/mol. The number of morpholine rings is 1. The zero-order chi connectivity index (χ0) is 21.9. The average molecular weight is 430 g/mol. The van der Waals surface area contributed by atoms with Crippen molar-refractivity contribution in [3.63, 3.8) is 0 Å². The fourth-order valence-corrected chi connectivity index (χ4v) is 2.55. The van der Waals surface area contributed by atoms with Gasteiger partial charge in [0.1, 0.15) is 12.7 Å². The van der Waals surface area contributed by atoms with Gasteiger partial charge in [0.25, 0.3) is 5.88 Å².